The SMILES string of the molecule is CCNCc1ccccc1NC(=O)CCS(=O)(=O)c1ccc2c(c1)CCC2. The van der Waals surface area contributed by atoms with E-state index in [1.165, 1.54) is 5.56 Å². The molecule has 0 saturated heterocycles. The summed E-state index contributed by atoms with van der Waals surface area (Å²) < 4.78 is 25.2. The molecule has 1 aliphatic carbocycles. The molecule has 0 heterocycles. The summed E-state index contributed by atoms with van der Waals surface area (Å²) in [5.41, 5.74) is 4.06. The molecule has 2 N–H and O–H groups in total. The topological polar surface area (TPSA) is 75.3 Å². The Hall–Kier alpha value is -2.18. The summed E-state index contributed by atoms with van der Waals surface area (Å²) in [6.45, 7) is 3.51. The van der Waals surface area contributed by atoms with E-state index < -0.39 is 9.84 Å². The first-order valence-corrected chi connectivity index (χ1v) is 11.1. The number of rotatable bonds is 8. The lowest BCUT2D eigenvalue weighted by atomic mass is 10.1. The minimum atomic E-state index is -3.47. The van der Waals surface area contributed by atoms with Gasteiger partial charge in [0.15, 0.2) is 9.84 Å². The van der Waals surface area contributed by atoms with Crippen molar-refractivity contribution in [3.63, 3.8) is 0 Å². The molecule has 0 saturated carbocycles. The maximum atomic E-state index is 12.6. The fourth-order valence-corrected chi connectivity index (χ4v) is 4.64. The molecule has 27 heavy (non-hydrogen) atoms. The normalized spacial score (nSPS) is 13.4. The zero-order valence-electron chi connectivity index (χ0n) is 15.6. The van der Waals surface area contributed by atoms with Crippen LogP contribution >= 0.6 is 0 Å². The molecule has 0 spiro atoms. The van der Waals surface area contributed by atoms with E-state index in [0.717, 1.165) is 42.6 Å². The van der Waals surface area contributed by atoms with Crippen LogP contribution in [0, 0.1) is 0 Å². The van der Waals surface area contributed by atoms with E-state index in [1.807, 2.05) is 37.3 Å². The van der Waals surface area contributed by atoms with Crippen molar-refractivity contribution in [3.8, 4) is 0 Å². The summed E-state index contributed by atoms with van der Waals surface area (Å²) in [5.74, 6) is -0.476. The second-order valence-corrected chi connectivity index (χ2v) is 8.95. The van der Waals surface area contributed by atoms with Gasteiger partial charge in [-0.15, -0.1) is 0 Å². The molecule has 0 unspecified atom stereocenters. The van der Waals surface area contributed by atoms with Crippen molar-refractivity contribution in [2.45, 2.75) is 44.0 Å². The predicted octanol–water partition coefficient (Wildman–Crippen LogP) is 3.09. The standard InChI is InChI=1S/C21H26N2O3S/c1-2-22-15-18-6-3-4-9-20(18)23-21(24)12-13-27(25,26)19-11-10-16-7-5-8-17(16)14-19/h3-4,6,9-11,14,22H,2,5,7-8,12-13,15H2,1H3,(H,23,24). The molecule has 0 atom stereocenters. The Morgan fingerprint density at radius 3 is 2.67 bits per heavy atom. The van der Waals surface area contributed by atoms with Gasteiger partial charge in [0.1, 0.15) is 0 Å². The predicted molar refractivity (Wildman–Crippen MR) is 108 cm³/mol. The third kappa shape index (κ3) is 4.96. The van der Waals surface area contributed by atoms with Crippen LogP contribution in [0.25, 0.3) is 0 Å². The zero-order valence-corrected chi connectivity index (χ0v) is 16.4. The molecule has 0 aliphatic heterocycles. The number of fused-ring (bicyclic) bond motifs is 1. The Kier molecular flexibility index (Phi) is 6.29. The lowest BCUT2D eigenvalue weighted by molar-refractivity contribution is -0.115. The fraction of sp³-hybridized carbons (Fsp3) is 0.381. The molecular weight excluding hydrogens is 360 g/mol. The number of benzene rings is 2. The number of para-hydroxylation sites is 1. The number of amides is 1. The second kappa shape index (κ2) is 8.67. The minimum absolute atomic E-state index is 0.0606. The first-order valence-electron chi connectivity index (χ1n) is 9.42. The Balaban J connectivity index is 1.62. The highest BCUT2D eigenvalue weighted by atomic mass is 32.2. The lowest BCUT2D eigenvalue weighted by Gasteiger charge is -2.12. The van der Waals surface area contributed by atoms with Crippen LogP contribution in [-0.4, -0.2) is 26.6 Å². The van der Waals surface area contributed by atoms with Crippen molar-refractivity contribution in [2.75, 3.05) is 17.6 Å². The van der Waals surface area contributed by atoms with Crippen LogP contribution in [0.15, 0.2) is 47.4 Å². The first-order chi connectivity index (χ1) is 13.0. The molecule has 1 aliphatic rings. The van der Waals surface area contributed by atoms with Gasteiger partial charge in [-0.3, -0.25) is 4.79 Å². The van der Waals surface area contributed by atoms with E-state index in [4.69, 9.17) is 0 Å². The Morgan fingerprint density at radius 1 is 1.07 bits per heavy atom. The van der Waals surface area contributed by atoms with Gasteiger partial charge < -0.3 is 10.6 Å². The van der Waals surface area contributed by atoms with Crippen LogP contribution in [0.2, 0.25) is 0 Å². The molecule has 2 aromatic rings. The van der Waals surface area contributed by atoms with E-state index in [9.17, 15) is 13.2 Å². The molecule has 1 amide bonds. The Bertz CT molecular complexity index is 923. The van der Waals surface area contributed by atoms with E-state index in [2.05, 4.69) is 10.6 Å². The highest BCUT2D eigenvalue weighted by molar-refractivity contribution is 7.91. The molecule has 0 aromatic heterocycles. The highest BCUT2D eigenvalue weighted by Gasteiger charge is 2.20. The van der Waals surface area contributed by atoms with Gasteiger partial charge in [-0.1, -0.05) is 31.2 Å². The third-order valence-corrected chi connectivity index (χ3v) is 6.60. The molecule has 5 nitrogen and oxygen atoms in total. The maximum absolute atomic E-state index is 12.6. The summed E-state index contributed by atoms with van der Waals surface area (Å²) in [5, 5.41) is 6.07. The van der Waals surface area contributed by atoms with E-state index in [0.29, 0.717) is 11.4 Å². The summed E-state index contributed by atoms with van der Waals surface area (Å²) in [6.07, 6.45) is 2.97. The van der Waals surface area contributed by atoms with Crippen LogP contribution in [-0.2, 0) is 34.0 Å². The van der Waals surface area contributed by atoms with Crippen LogP contribution in [0.5, 0.6) is 0 Å². The van der Waals surface area contributed by atoms with Gasteiger partial charge in [-0.25, -0.2) is 8.42 Å². The summed E-state index contributed by atoms with van der Waals surface area (Å²) >= 11 is 0. The summed E-state index contributed by atoms with van der Waals surface area (Å²) in [6, 6.07) is 12.9. The largest absolute Gasteiger partial charge is 0.326 e. The quantitative estimate of drug-likeness (QED) is 0.731. The first kappa shape index (κ1) is 19.6. The molecule has 3 rings (SSSR count). The zero-order chi connectivity index (χ0) is 19.3. The number of hydrogen-bond donors (Lipinski definition) is 2. The van der Waals surface area contributed by atoms with Crippen LogP contribution in [0.4, 0.5) is 5.69 Å². The number of carbonyl (C=O) groups is 1. The molecule has 6 heteroatoms. The van der Waals surface area contributed by atoms with Crippen molar-refractivity contribution in [1.82, 2.24) is 5.32 Å². The van der Waals surface area contributed by atoms with Gasteiger partial charge in [-0.2, -0.15) is 0 Å². The number of aryl methyl sites for hydroxylation is 2. The average Bonchev–Trinajstić information content (AvgIpc) is 3.14. The fourth-order valence-electron chi connectivity index (χ4n) is 3.36. The van der Waals surface area contributed by atoms with Crippen molar-refractivity contribution >= 4 is 21.4 Å². The number of anilines is 1. The van der Waals surface area contributed by atoms with E-state index in [-0.39, 0.29) is 18.1 Å². The van der Waals surface area contributed by atoms with Crippen molar-refractivity contribution in [1.29, 1.82) is 0 Å². The van der Waals surface area contributed by atoms with E-state index >= 15 is 0 Å². The van der Waals surface area contributed by atoms with Gasteiger partial charge in [0, 0.05) is 18.7 Å². The van der Waals surface area contributed by atoms with Gasteiger partial charge in [-0.05, 0) is 60.7 Å². The number of carbonyl (C=O) groups excluding carboxylic acids is 1. The van der Waals surface area contributed by atoms with Gasteiger partial charge in [0.2, 0.25) is 5.91 Å². The van der Waals surface area contributed by atoms with E-state index in [1.54, 1.807) is 12.1 Å². The van der Waals surface area contributed by atoms with Crippen molar-refractivity contribution in [3.05, 3.63) is 59.2 Å². The smallest absolute Gasteiger partial charge is 0.225 e. The molecule has 0 fully saturated rings. The van der Waals surface area contributed by atoms with Crippen molar-refractivity contribution in [2.24, 2.45) is 0 Å². The molecule has 0 radical (unpaired) electrons. The molecule has 0 bridgehead atoms. The van der Waals surface area contributed by atoms with Crippen LogP contribution in [0.3, 0.4) is 0 Å². The second-order valence-electron chi connectivity index (χ2n) is 6.84. The monoisotopic (exact) mass is 386 g/mol. The minimum Gasteiger partial charge on any atom is -0.326 e. The molecule has 144 valence electrons. The number of hydrogen-bond acceptors (Lipinski definition) is 4. The maximum Gasteiger partial charge on any atom is 0.225 e. The van der Waals surface area contributed by atoms with Gasteiger partial charge in [0.05, 0.1) is 10.6 Å². The third-order valence-electron chi connectivity index (χ3n) is 4.88. The van der Waals surface area contributed by atoms with Gasteiger partial charge in [0.25, 0.3) is 0 Å². The summed E-state index contributed by atoms with van der Waals surface area (Å²) in [7, 11) is -3.47. The average molecular weight is 387 g/mol. The number of sulfone groups is 1. The molecule has 2 aromatic carbocycles. The lowest BCUT2D eigenvalue weighted by Crippen LogP contribution is -2.19. The Morgan fingerprint density at radius 2 is 1.85 bits per heavy atom. The molecular formula is C21H26N2O3S. The van der Waals surface area contributed by atoms with Crippen LogP contribution < -0.4 is 10.6 Å². The number of nitrogens with one attached hydrogen (secondary N) is 2. The van der Waals surface area contributed by atoms with Gasteiger partial charge >= 0.3 is 0 Å². The highest BCUT2D eigenvalue weighted by Crippen LogP contribution is 2.25. The van der Waals surface area contributed by atoms with Crippen LogP contribution in [0.1, 0.15) is 36.5 Å². The summed E-state index contributed by atoms with van der Waals surface area (Å²) in [4.78, 5) is 12.6. The Labute approximate surface area is 161 Å². The van der Waals surface area contributed by atoms with Crippen molar-refractivity contribution < 1.29 is 13.2 Å².